The van der Waals surface area contributed by atoms with Crippen LogP contribution in [0.5, 0.6) is 0 Å². The Bertz CT molecular complexity index is 699. The molecule has 0 saturated carbocycles. The topological polar surface area (TPSA) is 23.6 Å². The smallest absolute Gasteiger partial charge is 0.241 e. The predicted molar refractivity (Wildman–Crippen MR) is 94.9 cm³/mol. The van der Waals surface area contributed by atoms with Crippen LogP contribution in [0.1, 0.15) is 18.1 Å². The molecular weight excluding hydrogens is 308 g/mol. The summed E-state index contributed by atoms with van der Waals surface area (Å²) in [6.45, 7) is 3.24. The van der Waals surface area contributed by atoms with Crippen LogP contribution in [0.4, 0.5) is 5.69 Å². The number of benzene rings is 2. The van der Waals surface area contributed by atoms with Gasteiger partial charge in [-0.2, -0.15) is 0 Å². The first-order valence-electron chi connectivity index (χ1n) is 7.87. The third-order valence-electron chi connectivity index (χ3n) is 4.25. The van der Waals surface area contributed by atoms with E-state index >= 15 is 0 Å². The van der Waals surface area contributed by atoms with Crippen LogP contribution >= 0.6 is 11.6 Å². The van der Waals surface area contributed by atoms with Crippen molar-refractivity contribution in [1.29, 1.82) is 0 Å². The Labute approximate surface area is 142 Å². The van der Waals surface area contributed by atoms with Crippen molar-refractivity contribution in [2.45, 2.75) is 25.9 Å². The van der Waals surface area contributed by atoms with E-state index in [1.807, 2.05) is 59.3 Å². The molecule has 1 aliphatic rings. The number of fused-ring (bicyclic) bond motifs is 1. The predicted octanol–water partition coefficient (Wildman–Crippen LogP) is 3.75. The second kappa shape index (κ2) is 6.73. The van der Waals surface area contributed by atoms with Crippen molar-refractivity contribution in [3.8, 4) is 0 Å². The van der Waals surface area contributed by atoms with E-state index in [-0.39, 0.29) is 11.9 Å². The van der Waals surface area contributed by atoms with Gasteiger partial charge in [-0.25, -0.2) is 0 Å². The fourth-order valence-electron chi connectivity index (χ4n) is 3.21. The molecule has 0 N–H and O–H groups in total. The minimum absolute atomic E-state index is 0.152. The monoisotopic (exact) mass is 328 g/mol. The highest BCUT2D eigenvalue weighted by Crippen LogP contribution is 2.31. The van der Waals surface area contributed by atoms with Crippen LogP contribution in [0.25, 0.3) is 0 Å². The maximum absolute atomic E-state index is 12.7. The van der Waals surface area contributed by atoms with Crippen molar-refractivity contribution in [2.24, 2.45) is 0 Å². The van der Waals surface area contributed by atoms with Crippen molar-refractivity contribution in [3.63, 3.8) is 0 Å². The Morgan fingerprint density at radius 1 is 1.22 bits per heavy atom. The highest BCUT2D eigenvalue weighted by Gasteiger charge is 2.30. The van der Waals surface area contributed by atoms with Gasteiger partial charge in [0.15, 0.2) is 0 Å². The Morgan fingerprint density at radius 3 is 2.65 bits per heavy atom. The molecule has 3 rings (SSSR count). The standard InChI is InChI=1S/C19H21ClN2O/c1-14-11-16-5-3-4-6-18(16)22(14)19(23)13-21(2)12-15-7-9-17(20)10-8-15/h3-10,14H,11-13H2,1-2H3/t14-/m0/s1. The van der Waals surface area contributed by atoms with Gasteiger partial charge in [0.2, 0.25) is 5.91 Å². The number of anilines is 1. The lowest BCUT2D eigenvalue weighted by Gasteiger charge is -2.25. The minimum atomic E-state index is 0.152. The molecule has 1 atom stereocenters. The second-order valence-electron chi connectivity index (χ2n) is 6.24. The molecule has 1 heterocycles. The molecule has 0 radical (unpaired) electrons. The third-order valence-corrected chi connectivity index (χ3v) is 4.50. The van der Waals surface area contributed by atoms with Crippen LogP contribution < -0.4 is 4.90 Å². The fourth-order valence-corrected chi connectivity index (χ4v) is 3.34. The summed E-state index contributed by atoms with van der Waals surface area (Å²) in [6.07, 6.45) is 0.933. The number of amides is 1. The van der Waals surface area contributed by atoms with E-state index in [4.69, 9.17) is 11.6 Å². The summed E-state index contributed by atoms with van der Waals surface area (Å²) in [7, 11) is 1.97. The van der Waals surface area contributed by atoms with E-state index in [9.17, 15) is 4.79 Å². The Morgan fingerprint density at radius 2 is 1.91 bits per heavy atom. The molecule has 0 unspecified atom stereocenters. The first-order valence-corrected chi connectivity index (χ1v) is 8.25. The summed E-state index contributed by atoms with van der Waals surface area (Å²) in [5.74, 6) is 0.152. The average molecular weight is 329 g/mol. The van der Waals surface area contributed by atoms with E-state index in [2.05, 4.69) is 13.0 Å². The van der Waals surface area contributed by atoms with Gasteiger partial charge in [0.1, 0.15) is 0 Å². The highest BCUT2D eigenvalue weighted by molar-refractivity contribution is 6.30. The van der Waals surface area contributed by atoms with Gasteiger partial charge in [0.05, 0.1) is 6.54 Å². The molecule has 0 saturated heterocycles. The molecule has 1 aliphatic heterocycles. The average Bonchev–Trinajstić information content (AvgIpc) is 2.85. The number of carbonyl (C=O) groups excluding carboxylic acids is 1. The maximum Gasteiger partial charge on any atom is 0.241 e. The zero-order valence-electron chi connectivity index (χ0n) is 13.5. The largest absolute Gasteiger partial charge is 0.308 e. The molecule has 0 spiro atoms. The summed E-state index contributed by atoms with van der Waals surface area (Å²) in [5, 5.41) is 0.731. The number of rotatable bonds is 4. The molecule has 0 aromatic heterocycles. The van der Waals surface area contributed by atoms with Crippen molar-refractivity contribution in [2.75, 3.05) is 18.5 Å². The van der Waals surface area contributed by atoms with Gasteiger partial charge in [-0.05, 0) is 49.7 Å². The molecule has 0 fully saturated rings. The summed E-state index contributed by atoms with van der Waals surface area (Å²) in [4.78, 5) is 16.7. The number of hydrogen-bond acceptors (Lipinski definition) is 2. The molecule has 2 aromatic rings. The molecular formula is C19H21ClN2O. The maximum atomic E-state index is 12.7. The third kappa shape index (κ3) is 3.57. The summed E-state index contributed by atoms with van der Waals surface area (Å²) < 4.78 is 0. The van der Waals surface area contributed by atoms with E-state index in [1.54, 1.807) is 0 Å². The van der Waals surface area contributed by atoms with E-state index < -0.39 is 0 Å². The number of carbonyl (C=O) groups is 1. The SMILES string of the molecule is C[C@H]1Cc2ccccc2N1C(=O)CN(C)Cc1ccc(Cl)cc1. The van der Waals surface area contributed by atoms with E-state index in [0.717, 1.165) is 29.2 Å². The van der Waals surface area contributed by atoms with Crippen molar-refractivity contribution >= 4 is 23.2 Å². The van der Waals surface area contributed by atoms with Crippen LogP contribution in [0.2, 0.25) is 5.02 Å². The lowest BCUT2D eigenvalue weighted by atomic mass is 10.1. The Kier molecular flexibility index (Phi) is 4.69. The van der Waals surface area contributed by atoms with Gasteiger partial charge in [0.25, 0.3) is 0 Å². The first kappa shape index (κ1) is 16.0. The highest BCUT2D eigenvalue weighted by atomic mass is 35.5. The normalized spacial score (nSPS) is 16.7. The second-order valence-corrected chi connectivity index (χ2v) is 6.68. The van der Waals surface area contributed by atoms with Crippen LogP contribution in [-0.2, 0) is 17.8 Å². The summed E-state index contributed by atoms with van der Waals surface area (Å²) >= 11 is 5.91. The molecule has 0 bridgehead atoms. The zero-order valence-corrected chi connectivity index (χ0v) is 14.3. The number of halogens is 1. The van der Waals surface area contributed by atoms with Gasteiger partial charge in [0, 0.05) is 23.3 Å². The minimum Gasteiger partial charge on any atom is -0.308 e. The first-order chi connectivity index (χ1) is 11.0. The molecule has 1 amide bonds. The van der Waals surface area contributed by atoms with E-state index in [0.29, 0.717) is 6.54 Å². The van der Waals surface area contributed by atoms with Crippen molar-refractivity contribution in [3.05, 3.63) is 64.7 Å². The van der Waals surface area contributed by atoms with Crippen LogP contribution in [0.15, 0.2) is 48.5 Å². The molecule has 0 aliphatic carbocycles. The fraction of sp³-hybridized carbons (Fsp3) is 0.316. The van der Waals surface area contributed by atoms with Gasteiger partial charge >= 0.3 is 0 Å². The molecule has 4 heteroatoms. The number of hydrogen-bond donors (Lipinski definition) is 0. The van der Waals surface area contributed by atoms with Crippen LogP contribution in [0, 0.1) is 0 Å². The lowest BCUT2D eigenvalue weighted by Crippen LogP contribution is -2.41. The number of nitrogens with zero attached hydrogens (tertiary/aromatic N) is 2. The van der Waals surface area contributed by atoms with Crippen molar-refractivity contribution < 1.29 is 4.79 Å². The van der Waals surface area contributed by atoms with Crippen LogP contribution in [0.3, 0.4) is 0 Å². The molecule has 2 aromatic carbocycles. The Balaban J connectivity index is 1.66. The lowest BCUT2D eigenvalue weighted by molar-refractivity contribution is -0.119. The van der Waals surface area contributed by atoms with Gasteiger partial charge in [-0.15, -0.1) is 0 Å². The van der Waals surface area contributed by atoms with E-state index in [1.165, 1.54) is 5.56 Å². The summed E-state index contributed by atoms with van der Waals surface area (Å²) in [5.41, 5.74) is 3.47. The quantitative estimate of drug-likeness (QED) is 0.853. The molecule has 120 valence electrons. The molecule has 3 nitrogen and oxygen atoms in total. The summed E-state index contributed by atoms with van der Waals surface area (Å²) in [6, 6.07) is 16.2. The Hall–Kier alpha value is -1.84. The van der Waals surface area contributed by atoms with Crippen molar-refractivity contribution in [1.82, 2.24) is 4.90 Å². The van der Waals surface area contributed by atoms with Gasteiger partial charge in [-0.3, -0.25) is 9.69 Å². The van der Waals surface area contributed by atoms with Gasteiger partial charge < -0.3 is 4.90 Å². The van der Waals surface area contributed by atoms with Gasteiger partial charge in [-0.1, -0.05) is 41.9 Å². The number of para-hydroxylation sites is 1. The zero-order chi connectivity index (χ0) is 16.4. The van der Waals surface area contributed by atoms with Crippen LogP contribution in [-0.4, -0.2) is 30.4 Å². The molecule has 23 heavy (non-hydrogen) atoms. The number of likely N-dealkylation sites (N-methyl/N-ethyl adjacent to an activating group) is 1.